The third-order valence-corrected chi connectivity index (χ3v) is 5.20. The van der Waals surface area contributed by atoms with Crippen molar-refractivity contribution in [3.8, 4) is 6.07 Å². The zero-order chi connectivity index (χ0) is 15.5. The van der Waals surface area contributed by atoms with Crippen molar-refractivity contribution in [2.24, 2.45) is 5.41 Å². The monoisotopic (exact) mass is 293 g/mol. The third-order valence-electron chi connectivity index (χ3n) is 5.20. The van der Waals surface area contributed by atoms with E-state index in [9.17, 15) is 4.79 Å². The number of nitriles is 1. The lowest BCUT2D eigenvalue weighted by molar-refractivity contribution is -0.139. The summed E-state index contributed by atoms with van der Waals surface area (Å²) in [5.74, 6) is -0.740. The molecule has 2 rings (SSSR count). The van der Waals surface area contributed by atoms with E-state index in [0.717, 1.165) is 45.1 Å². The van der Waals surface area contributed by atoms with Crippen LogP contribution in [-0.2, 0) is 4.79 Å². The van der Waals surface area contributed by atoms with Gasteiger partial charge in [0.2, 0.25) is 0 Å². The van der Waals surface area contributed by atoms with Gasteiger partial charge in [-0.05, 0) is 52.0 Å². The SMILES string of the molecule is CCN(CC(=O)O)C1CC(NC2CCC(C)(C#N)CC2)C1. The molecule has 0 aromatic carbocycles. The lowest BCUT2D eigenvalue weighted by atomic mass is 9.74. The Kier molecular flexibility index (Phi) is 5.23. The van der Waals surface area contributed by atoms with Gasteiger partial charge in [0.15, 0.2) is 0 Å². The van der Waals surface area contributed by atoms with E-state index in [1.807, 2.05) is 11.8 Å². The average molecular weight is 293 g/mol. The molecular weight excluding hydrogens is 266 g/mol. The van der Waals surface area contributed by atoms with Crippen LogP contribution in [-0.4, -0.2) is 47.2 Å². The smallest absolute Gasteiger partial charge is 0.317 e. The van der Waals surface area contributed by atoms with Crippen molar-refractivity contribution in [3.05, 3.63) is 0 Å². The van der Waals surface area contributed by atoms with E-state index in [4.69, 9.17) is 10.4 Å². The summed E-state index contributed by atoms with van der Waals surface area (Å²) in [5.41, 5.74) is -0.124. The topological polar surface area (TPSA) is 76.4 Å². The van der Waals surface area contributed by atoms with Gasteiger partial charge in [-0.2, -0.15) is 5.26 Å². The summed E-state index contributed by atoms with van der Waals surface area (Å²) in [7, 11) is 0. The van der Waals surface area contributed by atoms with Gasteiger partial charge < -0.3 is 10.4 Å². The van der Waals surface area contributed by atoms with E-state index >= 15 is 0 Å². The van der Waals surface area contributed by atoms with Crippen LogP contribution < -0.4 is 5.32 Å². The standard InChI is InChI=1S/C16H27N3O2/c1-3-19(10-15(20)21)14-8-13(9-14)18-12-4-6-16(2,11-17)7-5-12/h12-14,18H,3-10H2,1-2H3,(H,20,21). The Bertz CT molecular complexity index is 404. The fraction of sp³-hybridized carbons (Fsp3) is 0.875. The highest BCUT2D eigenvalue weighted by atomic mass is 16.4. The quantitative estimate of drug-likeness (QED) is 0.783. The molecule has 2 aliphatic carbocycles. The second kappa shape index (κ2) is 6.76. The van der Waals surface area contributed by atoms with Crippen LogP contribution in [0.3, 0.4) is 0 Å². The van der Waals surface area contributed by atoms with Crippen molar-refractivity contribution in [2.45, 2.75) is 70.5 Å². The zero-order valence-electron chi connectivity index (χ0n) is 13.1. The molecule has 0 atom stereocenters. The van der Waals surface area contributed by atoms with Gasteiger partial charge in [-0.25, -0.2) is 0 Å². The first kappa shape index (κ1) is 16.3. The first-order chi connectivity index (χ1) is 9.95. The van der Waals surface area contributed by atoms with Crippen LogP contribution in [0.2, 0.25) is 0 Å². The molecular formula is C16H27N3O2. The molecule has 118 valence electrons. The molecule has 5 nitrogen and oxygen atoms in total. The van der Waals surface area contributed by atoms with Gasteiger partial charge >= 0.3 is 5.97 Å². The van der Waals surface area contributed by atoms with Gasteiger partial charge in [-0.1, -0.05) is 6.92 Å². The van der Waals surface area contributed by atoms with Crippen LogP contribution in [0, 0.1) is 16.7 Å². The van der Waals surface area contributed by atoms with Crippen LogP contribution in [0.5, 0.6) is 0 Å². The number of hydrogen-bond acceptors (Lipinski definition) is 4. The van der Waals surface area contributed by atoms with E-state index in [1.54, 1.807) is 0 Å². The predicted molar refractivity (Wildman–Crippen MR) is 80.8 cm³/mol. The lowest BCUT2D eigenvalue weighted by Crippen LogP contribution is -2.56. The molecule has 0 aromatic heterocycles. The van der Waals surface area contributed by atoms with E-state index in [-0.39, 0.29) is 12.0 Å². The second-order valence-corrected chi connectivity index (χ2v) is 6.89. The highest BCUT2D eigenvalue weighted by Gasteiger charge is 2.37. The summed E-state index contributed by atoms with van der Waals surface area (Å²) in [6.07, 6.45) is 6.23. The molecule has 2 N–H and O–H groups in total. The van der Waals surface area contributed by atoms with Crippen LogP contribution in [0.1, 0.15) is 52.4 Å². The van der Waals surface area contributed by atoms with Crippen molar-refractivity contribution in [1.29, 1.82) is 5.26 Å². The number of nitrogens with one attached hydrogen (secondary N) is 1. The molecule has 0 saturated heterocycles. The molecule has 2 fully saturated rings. The molecule has 0 aliphatic heterocycles. The Balaban J connectivity index is 1.69. The molecule has 5 heteroatoms. The number of carbonyl (C=O) groups is 1. The van der Waals surface area contributed by atoms with E-state index in [1.165, 1.54) is 0 Å². The Labute approximate surface area is 127 Å². The number of aliphatic carboxylic acids is 1. The molecule has 0 heterocycles. The molecule has 21 heavy (non-hydrogen) atoms. The Morgan fingerprint density at radius 3 is 2.48 bits per heavy atom. The maximum absolute atomic E-state index is 10.8. The minimum absolute atomic E-state index is 0.124. The fourth-order valence-electron chi connectivity index (χ4n) is 3.56. The molecule has 0 spiro atoms. The van der Waals surface area contributed by atoms with E-state index in [2.05, 4.69) is 18.3 Å². The molecule has 2 saturated carbocycles. The minimum atomic E-state index is -0.740. The Morgan fingerprint density at radius 1 is 1.38 bits per heavy atom. The number of carboxylic acid groups (broad SMARTS) is 1. The highest BCUT2D eigenvalue weighted by Crippen LogP contribution is 2.36. The van der Waals surface area contributed by atoms with Crippen LogP contribution in [0.4, 0.5) is 0 Å². The molecule has 2 aliphatic rings. The minimum Gasteiger partial charge on any atom is -0.480 e. The summed E-state index contributed by atoms with van der Waals surface area (Å²) >= 11 is 0. The van der Waals surface area contributed by atoms with Crippen molar-refractivity contribution in [1.82, 2.24) is 10.2 Å². The second-order valence-electron chi connectivity index (χ2n) is 6.89. The predicted octanol–water partition coefficient (Wildman–Crippen LogP) is 1.99. The first-order valence-electron chi connectivity index (χ1n) is 8.09. The maximum Gasteiger partial charge on any atom is 0.317 e. The Hall–Kier alpha value is -1.12. The number of rotatable bonds is 6. The van der Waals surface area contributed by atoms with Crippen LogP contribution in [0.15, 0.2) is 0 Å². The van der Waals surface area contributed by atoms with E-state index in [0.29, 0.717) is 18.1 Å². The van der Waals surface area contributed by atoms with Crippen LogP contribution in [0.25, 0.3) is 0 Å². The van der Waals surface area contributed by atoms with Crippen molar-refractivity contribution < 1.29 is 9.90 Å². The highest BCUT2D eigenvalue weighted by molar-refractivity contribution is 5.69. The van der Waals surface area contributed by atoms with Crippen molar-refractivity contribution >= 4 is 5.97 Å². The van der Waals surface area contributed by atoms with Crippen LogP contribution >= 0.6 is 0 Å². The maximum atomic E-state index is 10.8. The number of nitrogens with zero attached hydrogens (tertiary/aromatic N) is 2. The molecule has 0 amide bonds. The zero-order valence-corrected chi connectivity index (χ0v) is 13.1. The van der Waals surface area contributed by atoms with Gasteiger partial charge in [0.25, 0.3) is 0 Å². The first-order valence-corrected chi connectivity index (χ1v) is 8.09. The summed E-state index contributed by atoms with van der Waals surface area (Å²) < 4.78 is 0. The van der Waals surface area contributed by atoms with Gasteiger partial charge in [0.1, 0.15) is 0 Å². The fourth-order valence-corrected chi connectivity index (χ4v) is 3.56. The van der Waals surface area contributed by atoms with Crippen molar-refractivity contribution in [3.63, 3.8) is 0 Å². The normalized spacial score (nSPS) is 36.0. The number of carboxylic acids is 1. The average Bonchev–Trinajstić information content (AvgIpc) is 2.42. The van der Waals surface area contributed by atoms with Gasteiger partial charge in [-0.15, -0.1) is 0 Å². The summed E-state index contributed by atoms with van der Waals surface area (Å²) in [6.45, 7) is 5.03. The largest absolute Gasteiger partial charge is 0.480 e. The Morgan fingerprint density at radius 2 is 2.00 bits per heavy atom. The molecule has 0 aromatic rings. The summed E-state index contributed by atoms with van der Waals surface area (Å²) in [5, 5.41) is 21.7. The lowest BCUT2D eigenvalue weighted by Gasteiger charge is -2.45. The summed E-state index contributed by atoms with van der Waals surface area (Å²) in [6, 6.07) is 3.91. The van der Waals surface area contributed by atoms with Gasteiger partial charge in [0, 0.05) is 18.1 Å². The number of hydrogen-bond donors (Lipinski definition) is 2. The van der Waals surface area contributed by atoms with Gasteiger partial charge in [-0.3, -0.25) is 9.69 Å². The molecule has 0 unspecified atom stereocenters. The van der Waals surface area contributed by atoms with E-state index < -0.39 is 5.97 Å². The summed E-state index contributed by atoms with van der Waals surface area (Å²) in [4.78, 5) is 12.9. The molecule has 0 bridgehead atoms. The third kappa shape index (κ3) is 4.18. The van der Waals surface area contributed by atoms with Crippen molar-refractivity contribution in [2.75, 3.05) is 13.1 Å². The number of likely N-dealkylation sites (N-methyl/N-ethyl adjacent to an activating group) is 1. The van der Waals surface area contributed by atoms with Gasteiger partial charge in [0.05, 0.1) is 18.0 Å². The molecule has 0 radical (unpaired) electrons.